The molecule has 1 N–H and O–H groups in total. The van der Waals surface area contributed by atoms with Crippen molar-refractivity contribution in [3.05, 3.63) is 18.0 Å². The predicted octanol–water partition coefficient (Wildman–Crippen LogP) is 0.789. The summed E-state index contributed by atoms with van der Waals surface area (Å²) in [5.74, 6) is 0. The summed E-state index contributed by atoms with van der Waals surface area (Å²) in [6.07, 6.45) is 1.47. The van der Waals surface area contributed by atoms with E-state index in [4.69, 9.17) is 11.6 Å². The van der Waals surface area contributed by atoms with Gasteiger partial charge in [-0.1, -0.05) is 0 Å². The summed E-state index contributed by atoms with van der Waals surface area (Å²) in [4.78, 5) is 10.2. The van der Waals surface area contributed by atoms with Crippen LogP contribution < -0.4 is 0 Å². The van der Waals surface area contributed by atoms with Crippen LogP contribution in [0.5, 0.6) is 0 Å². The van der Waals surface area contributed by atoms with Crippen molar-refractivity contribution in [2.45, 2.75) is 0 Å². The zero-order valence-corrected chi connectivity index (χ0v) is 4.64. The van der Waals surface area contributed by atoms with Gasteiger partial charge in [-0.2, -0.15) is 5.10 Å². The van der Waals surface area contributed by atoms with Crippen molar-refractivity contribution in [3.63, 3.8) is 0 Å². The lowest BCUT2D eigenvalue weighted by atomic mass is 10.5. The lowest BCUT2D eigenvalue weighted by Crippen LogP contribution is -1.86. The molecule has 8 heavy (non-hydrogen) atoms. The first kappa shape index (κ1) is 5.31. The van der Waals surface area contributed by atoms with E-state index in [0.29, 0.717) is 5.69 Å². The average Bonchev–Trinajstić information content (AvgIpc) is 2.12. The molecule has 0 unspecified atom stereocenters. The van der Waals surface area contributed by atoms with E-state index in [1.165, 1.54) is 12.3 Å². The highest BCUT2D eigenvalue weighted by Crippen LogP contribution is 1.95. The highest BCUT2D eigenvalue weighted by atomic mass is 35.5. The van der Waals surface area contributed by atoms with Crippen LogP contribution in [0.2, 0.25) is 0 Å². The van der Waals surface area contributed by atoms with Crippen molar-refractivity contribution in [1.29, 1.82) is 0 Å². The maximum absolute atomic E-state index is 10.2. The monoisotopic (exact) mass is 130 g/mol. The second-order valence-corrected chi connectivity index (χ2v) is 1.59. The minimum Gasteiger partial charge on any atom is -0.274 e. The number of hydrogen-bond acceptors (Lipinski definition) is 2. The minimum absolute atomic E-state index is 0.326. The first-order valence-electron chi connectivity index (χ1n) is 2.00. The third kappa shape index (κ3) is 0.869. The lowest BCUT2D eigenvalue weighted by molar-refractivity contribution is 0.107. The number of nitrogens with one attached hydrogen (secondary N) is 1. The maximum Gasteiger partial charge on any atom is 0.270 e. The Hall–Kier alpha value is -0.830. The van der Waals surface area contributed by atoms with E-state index in [0.717, 1.165) is 0 Å². The highest BCUT2D eigenvalue weighted by Gasteiger charge is 1.98. The number of carbonyl (C=O) groups is 1. The van der Waals surface area contributed by atoms with Crippen LogP contribution in [-0.4, -0.2) is 15.4 Å². The standard InChI is InChI=1S/C4H3ClN2O/c5-4(8)3-1-2-6-7-3/h1-2H,(H,6,7). The smallest absolute Gasteiger partial charge is 0.270 e. The summed E-state index contributed by atoms with van der Waals surface area (Å²) in [6.45, 7) is 0. The van der Waals surface area contributed by atoms with Gasteiger partial charge in [0.1, 0.15) is 5.69 Å². The van der Waals surface area contributed by atoms with Crippen molar-refractivity contribution in [1.82, 2.24) is 10.2 Å². The molecular formula is C4H3ClN2O. The summed E-state index contributed by atoms with van der Waals surface area (Å²) in [7, 11) is 0. The molecule has 0 saturated heterocycles. The number of aromatic amines is 1. The Bertz CT molecular complexity index is 182. The van der Waals surface area contributed by atoms with Crippen LogP contribution in [0.1, 0.15) is 10.5 Å². The van der Waals surface area contributed by atoms with Gasteiger partial charge < -0.3 is 0 Å². The van der Waals surface area contributed by atoms with Gasteiger partial charge in [-0.15, -0.1) is 0 Å². The molecule has 0 amide bonds. The topological polar surface area (TPSA) is 45.8 Å². The van der Waals surface area contributed by atoms with Gasteiger partial charge in [0.2, 0.25) is 0 Å². The SMILES string of the molecule is O=C(Cl)c1ccn[nH]1. The van der Waals surface area contributed by atoms with Crippen molar-refractivity contribution in [2.24, 2.45) is 0 Å². The molecule has 0 aromatic carbocycles. The van der Waals surface area contributed by atoms with E-state index in [-0.39, 0.29) is 0 Å². The minimum atomic E-state index is -0.512. The summed E-state index contributed by atoms with van der Waals surface area (Å²) >= 11 is 5.03. The number of carbonyl (C=O) groups excluding carboxylic acids is 1. The molecule has 1 rings (SSSR count). The van der Waals surface area contributed by atoms with Gasteiger partial charge in [-0.3, -0.25) is 9.89 Å². The Morgan fingerprint density at radius 2 is 2.62 bits per heavy atom. The molecular weight excluding hydrogens is 128 g/mol. The molecule has 0 radical (unpaired) electrons. The van der Waals surface area contributed by atoms with E-state index in [9.17, 15) is 4.79 Å². The normalized spacial score (nSPS) is 9.12. The fraction of sp³-hybridized carbons (Fsp3) is 0. The molecule has 1 aromatic heterocycles. The summed E-state index contributed by atoms with van der Waals surface area (Å²) in [6, 6.07) is 1.51. The number of H-pyrrole nitrogens is 1. The van der Waals surface area contributed by atoms with Gasteiger partial charge in [0.15, 0.2) is 0 Å². The summed E-state index contributed by atoms with van der Waals surface area (Å²) < 4.78 is 0. The molecule has 1 aromatic rings. The van der Waals surface area contributed by atoms with Crippen molar-refractivity contribution in [3.8, 4) is 0 Å². The molecule has 0 spiro atoms. The zero-order valence-electron chi connectivity index (χ0n) is 3.89. The number of rotatable bonds is 1. The predicted molar refractivity (Wildman–Crippen MR) is 28.8 cm³/mol. The van der Waals surface area contributed by atoms with Gasteiger partial charge in [-0.05, 0) is 17.7 Å². The van der Waals surface area contributed by atoms with Gasteiger partial charge >= 0.3 is 0 Å². The molecule has 42 valence electrons. The third-order valence-electron chi connectivity index (χ3n) is 0.712. The molecule has 0 aliphatic rings. The first-order valence-corrected chi connectivity index (χ1v) is 2.37. The van der Waals surface area contributed by atoms with Gasteiger partial charge in [0.25, 0.3) is 5.24 Å². The molecule has 4 heteroatoms. The Morgan fingerprint density at radius 1 is 1.88 bits per heavy atom. The van der Waals surface area contributed by atoms with Crippen LogP contribution >= 0.6 is 11.6 Å². The number of halogens is 1. The molecule has 0 aliphatic heterocycles. The summed E-state index contributed by atoms with van der Waals surface area (Å²) in [5.41, 5.74) is 0.326. The maximum atomic E-state index is 10.2. The van der Waals surface area contributed by atoms with E-state index in [2.05, 4.69) is 10.2 Å². The average molecular weight is 131 g/mol. The van der Waals surface area contributed by atoms with E-state index >= 15 is 0 Å². The van der Waals surface area contributed by atoms with Gasteiger partial charge in [0, 0.05) is 6.20 Å². The largest absolute Gasteiger partial charge is 0.274 e. The quantitative estimate of drug-likeness (QED) is 0.572. The molecule has 0 fully saturated rings. The van der Waals surface area contributed by atoms with Crippen LogP contribution in [0, 0.1) is 0 Å². The van der Waals surface area contributed by atoms with E-state index in [1.807, 2.05) is 0 Å². The number of nitrogens with zero attached hydrogens (tertiary/aromatic N) is 1. The van der Waals surface area contributed by atoms with E-state index in [1.54, 1.807) is 0 Å². The van der Waals surface area contributed by atoms with Crippen molar-refractivity contribution >= 4 is 16.8 Å². The van der Waals surface area contributed by atoms with Crippen molar-refractivity contribution in [2.75, 3.05) is 0 Å². The molecule has 0 atom stereocenters. The van der Waals surface area contributed by atoms with Crippen LogP contribution in [0.25, 0.3) is 0 Å². The first-order chi connectivity index (χ1) is 3.80. The summed E-state index contributed by atoms with van der Waals surface area (Å²) in [5, 5.41) is 5.41. The van der Waals surface area contributed by atoms with Gasteiger partial charge in [0.05, 0.1) is 0 Å². The van der Waals surface area contributed by atoms with Crippen molar-refractivity contribution < 1.29 is 4.79 Å². The second-order valence-electron chi connectivity index (χ2n) is 1.24. The molecule has 0 bridgehead atoms. The lowest BCUT2D eigenvalue weighted by Gasteiger charge is -1.77. The van der Waals surface area contributed by atoms with E-state index < -0.39 is 5.24 Å². The molecule has 3 nitrogen and oxygen atoms in total. The van der Waals surface area contributed by atoms with Crippen LogP contribution in [0.3, 0.4) is 0 Å². The zero-order chi connectivity index (χ0) is 5.98. The van der Waals surface area contributed by atoms with Crippen LogP contribution in [0.4, 0.5) is 0 Å². The molecule has 0 saturated carbocycles. The Kier molecular flexibility index (Phi) is 1.30. The third-order valence-corrected chi connectivity index (χ3v) is 0.916. The number of aromatic nitrogens is 2. The fourth-order valence-corrected chi connectivity index (χ4v) is 0.471. The Labute approximate surface area is 50.7 Å². The highest BCUT2D eigenvalue weighted by molar-refractivity contribution is 6.67. The van der Waals surface area contributed by atoms with Gasteiger partial charge in [-0.25, -0.2) is 0 Å². The Balaban J connectivity index is 2.93. The Morgan fingerprint density at radius 3 is 2.88 bits per heavy atom. The fourth-order valence-electron chi connectivity index (χ4n) is 0.365. The molecule has 0 aliphatic carbocycles. The molecule has 1 heterocycles. The number of hydrogen-bond donors (Lipinski definition) is 1. The van der Waals surface area contributed by atoms with Crippen LogP contribution in [-0.2, 0) is 0 Å². The second kappa shape index (κ2) is 1.96. The van der Waals surface area contributed by atoms with Crippen LogP contribution in [0.15, 0.2) is 12.3 Å².